The molecule has 3 heterocycles. The van der Waals surface area contributed by atoms with Crippen LogP contribution in [0.15, 0.2) is 16.7 Å². The Morgan fingerprint density at radius 2 is 1.91 bits per heavy atom. The minimum Gasteiger partial charge on any atom is -0.493 e. The smallest absolute Gasteiger partial charge is 0.263 e. The summed E-state index contributed by atoms with van der Waals surface area (Å²) < 4.78 is 21.6. The van der Waals surface area contributed by atoms with Crippen molar-refractivity contribution < 1.29 is 23.5 Å². The number of ether oxygens (including phenoxy) is 3. The Morgan fingerprint density at radius 1 is 1.18 bits per heavy atom. The van der Waals surface area contributed by atoms with Gasteiger partial charge < -0.3 is 29.0 Å². The van der Waals surface area contributed by atoms with Gasteiger partial charge in [0.15, 0.2) is 11.5 Å². The van der Waals surface area contributed by atoms with E-state index in [4.69, 9.17) is 23.7 Å². The second kappa shape index (κ2) is 10.1. The summed E-state index contributed by atoms with van der Waals surface area (Å²) in [7, 11) is 4.70. The number of benzene rings is 1. The molecular weight excluding hydrogens is 438 g/mol. The second-order valence-corrected chi connectivity index (χ2v) is 8.29. The summed E-state index contributed by atoms with van der Waals surface area (Å²) in [6.07, 6.45) is 2.42. The highest BCUT2D eigenvalue weighted by Crippen LogP contribution is 2.38. The van der Waals surface area contributed by atoms with Crippen molar-refractivity contribution in [2.24, 2.45) is 5.92 Å². The Kier molecular flexibility index (Phi) is 7.04. The fraction of sp³-hybridized carbons (Fsp3) is 0.500. The number of nitrogens with one attached hydrogen (secondary N) is 1. The first kappa shape index (κ1) is 23.6. The van der Waals surface area contributed by atoms with Gasteiger partial charge in [-0.05, 0) is 43.9 Å². The highest BCUT2D eigenvalue weighted by Gasteiger charge is 2.29. The van der Waals surface area contributed by atoms with Crippen molar-refractivity contribution in [1.29, 1.82) is 0 Å². The molecule has 0 bridgehead atoms. The summed E-state index contributed by atoms with van der Waals surface area (Å²) in [5.41, 5.74) is 2.19. The summed E-state index contributed by atoms with van der Waals surface area (Å²) in [5, 5.41) is 8.06. The summed E-state index contributed by atoms with van der Waals surface area (Å²) >= 11 is 0. The van der Waals surface area contributed by atoms with E-state index in [1.807, 2.05) is 26.0 Å². The normalized spacial score (nSPS) is 15.9. The number of rotatable bonds is 8. The molecule has 1 saturated heterocycles. The van der Waals surface area contributed by atoms with E-state index in [-0.39, 0.29) is 11.8 Å². The summed E-state index contributed by atoms with van der Waals surface area (Å²) in [6.45, 7) is 5.60. The molecule has 182 valence electrons. The number of hydrogen-bond donors (Lipinski definition) is 1. The van der Waals surface area contributed by atoms with Gasteiger partial charge in [0.2, 0.25) is 11.7 Å². The lowest BCUT2D eigenvalue weighted by Gasteiger charge is -2.33. The molecule has 1 aromatic carbocycles. The lowest BCUT2D eigenvalue weighted by Crippen LogP contribution is -2.43. The van der Waals surface area contributed by atoms with Crippen molar-refractivity contribution in [3.63, 3.8) is 0 Å². The maximum absolute atomic E-state index is 13.1. The molecule has 34 heavy (non-hydrogen) atoms. The number of carbonyl (C=O) groups excluding carboxylic acids is 1. The van der Waals surface area contributed by atoms with Crippen LogP contribution in [0.3, 0.4) is 0 Å². The number of aryl methyl sites for hydroxylation is 2. The second-order valence-electron chi connectivity index (χ2n) is 8.29. The molecule has 1 N–H and O–H groups in total. The topological polar surface area (TPSA) is 112 Å². The maximum Gasteiger partial charge on any atom is 0.263 e. The van der Waals surface area contributed by atoms with Gasteiger partial charge >= 0.3 is 0 Å². The number of fused-ring (bicyclic) bond motifs is 1. The number of hydrogen-bond acceptors (Lipinski definition) is 9. The van der Waals surface area contributed by atoms with E-state index in [1.165, 1.54) is 0 Å². The molecule has 0 radical (unpaired) electrons. The molecule has 1 aliphatic heterocycles. The van der Waals surface area contributed by atoms with Crippen LogP contribution in [0, 0.1) is 12.8 Å². The largest absolute Gasteiger partial charge is 0.493 e. The van der Waals surface area contributed by atoms with Gasteiger partial charge in [0.25, 0.3) is 5.71 Å². The zero-order valence-electron chi connectivity index (χ0n) is 20.3. The summed E-state index contributed by atoms with van der Waals surface area (Å²) in [4.78, 5) is 24.3. The average molecular weight is 470 g/mol. The fourth-order valence-corrected chi connectivity index (χ4v) is 4.42. The van der Waals surface area contributed by atoms with Gasteiger partial charge in [-0.1, -0.05) is 12.1 Å². The first-order valence-electron chi connectivity index (χ1n) is 11.4. The summed E-state index contributed by atoms with van der Waals surface area (Å²) in [6, 6.07) is 3.68. The van der Waals surface area contributed by atoms with Crippen LogP contribution in [0.4, 0.5) is 5.82 Å². The summed E-state index contributed by atoms with van der Waals surface area (Å²) in [5.74, 6) is 2.89. The monoisotopic (exact) mass is 469 g/mol. The fourth-order valence-electron chi connectivity index (χ4n) is 4.42. The number of methoxy groups -OCH3 is 3. The Bertz CT molecular complexity index is 1150. The molecular formula is C24H31N5O5. The molecule has 0 saturated carbocycles. The molecule has 3 aromatic rings. The van der Waals surface area contributed by atoms with E-state index < -0.39 is 0 Å². The van der Waals surface area contributed by atoms with E-state index in [0.717, 1.165) is 48.3 Å². The molecule has 4 rings (SSSR count). The number of amides is 1. The molecule has 0 aliphatic carbocycles. The van der Waals surface area contributed by atoms with Crippen molar-refractivity contribution in [3.8, 4) is 17.2 Å². The van der Waals surface area contributed by atoms with E-state index in [9.17, 15) is 4.79 Å². The van der Waals surface area contributed by atoms with Gasteiger partial charge in [-0.2, -0.15) is 4.98 Å². The predicted molar refractivity (Wildman–Crippen MR) is 127 cm³/mol. The van der Waals surface area contributed by atoms with Gasteiger partial charge in [-0.25, -0.2) is 4.98 Å². The van der Waals surface area contributed by atoms with Crippen LogP contribution >= 0.6 is 0 Å². The molecule has 2 aromatic heterocycles. The minimum atomic E-state index is -0.161. The Morgan fingerprint density at radius 3 is 2.56 bits per heavy atom. The lowest BCUT2D eigenvalue weighted by molar-refractivity contribution is -0.125. The third kappa shape index (κ3) is 4.57. The zero-order chi connectivity index (χ0) is 24.2. The molecule has 1 amide bonds. The predicted octanol–water partition coefficient (Wildman–Crippen LogP) is 3.05. The van der Waals surface area contributed by atoms with Crippen LogP contribution in [0.1, 0.15) is 36.8 Å². The van der Waals surface area contributed by atoms with Gasteiger partial charge in [-0.15, -0.1) is 0 Å². The van der Waals surface area contributed by atoms with Gasteiger partial charge in [0, 0.05) is 19.6 Å². The first-order valence-corrected chi connectivity index (χ1v) is 11.4. The number of piperidine rings is 1. The third-order valence-corrected chi connectivity index (χ3v) is 6.12. The van der Waals surface area contributed by atoms with E-state index >= 15 is 0 Å². The van der Waals surface area contributed by atoms with E-state index in [0.29, 0.717) is 41.9 Å². The van der Waals surface area contributed by atoms with Crippen LogP contribution in [0.2, 0.25) is 0 Å². The number of anilines is 1. The van der Waals surface area contributed by atoms with Gasteiger partial charge in [0.05, 0.1) is 32.9 Å². The van der Waals surface area contributed by atoms with Crippen LogP contribution < -0.4 is 24.4 Å². The highest BCUT2D eigenvalue weighted by atomic mass is 16.5. The molecule has 10 nitrogen and oxygen atoms in total. The number of aromatic nitrogens is 3. The standard InChI is InChI=1S/C24H31N5O5/c1-6-17-20-22(26-14(2)27-24(20)34-28-17)29-9-7-8-16(13-29)23(30)25-12-15-10-18(31-3)21(33-5)19(11-15)32-4/h10-11,16H,6-9,12-13H2,1-5H3,(H,25,30)/t16-/m1/s1. The van der Waals surface area contributed by atoms with Crippen LogP contribution in [0.25, 0.3) is 11.1 Å². The maximum atomic E-state index is 13.1. The zero-order valence-corrected chi connectivity index (χ0v) is 20.3. The van der Waals surface area contributed by atoms with Crippen molar-refractivity contribution in [3.05, 3.63) is 29.2 Å². The van der Waals surface area contributed by atoms with Gasteiger partial charge in [0.1, 0.15) is 17.0 Å². The van der Waals surface area contributed by atoms with Crippen molar-refractivity contribution in [1.82, 2.24) is 20.4 Å². The first-order chi connectivity index (χ1) is 16.5. The van der Waals surface area contributed by atoms with Crippen LogP contribution in [0.5, 0.6) is 17.2 Å². The molecule has 1 aliphatic rings. The molecule has 0 spiro atoms. The minimum absolute atomic E-state index is 0.00140. The van der Waals surface area contributed by atoms with Crippen molar-refractivity contribution in [2.75, 3.05) is 39.3 Å². The molecule has 1 fully saturated rings. The highest BCUT2D eigenvalue weighted by molar-refractivity contribution is 5.89. The molecule has 1 atom stereocenters. The number of carbonyl (C=O) groups is 1. The van der Waals surface area contributed by atoms with Crippen molar-refractivity contribution in [2.45, 2.75) is 39.7 Å². The third-order valence-electron chi connectivity index (χ3n) is 6.12. The SMILES string of the molecule is CCc1noc2nc(C)nc(N3CCC[C@@H](C(=O)NCc4cc(OC)c(OC)c(OC)c4)C3)c12. The molecule has 0 unspecified atom stereocenters. The quantitative estimate of drug-likeness (QED) is 0.532. The Hall–Kier alpha value is -3.56. The van der Waals surface area contributed by atoms with E-state index in [1.54, 1.807) is 21.3 Å². The Balaban J connectivity index is 1.49. The number of nitrogens with zero attached hydrogens (tertiary/aromatic N) is 4. The van der Waals surface area contributed by atoms with Crippen LogP contribution in [-0.4, -0.2) is 55.5 Å². The Labute approximate surface area is 198 Å². The van der Waals surface area contributed by atoms with Gasteiger partial charge in [-0.3, -0.25) is 4.79 Å². The van der Waals surface area contributed by atoms with Crippen molar-refractivity contribution >= 4 is 22.8 Å². The average Bonchev–Trinajstić information content (AvgIpc) is 3.28. The van der Waals surface area contributed by atoms with E-state index in [2.05, 4.69) is 20.4 Å². The molecule has 10 heteroatoms. The van der Waals surface area contributed by atoms with Crippen LogP contribution in [-0.2, 0) is 17.8 Å². The lowest BCUT2D eigenvalue weighted by atomic mass is 9.96.